The summed E-state index contributed by atoms with van der Waals surface area (Å²) in [5.74, 6) is -2.69. The molecule has 1 aliphatic carbocycles. The summed E-state index contributed by atoms with van der Waals surface area (Å²) in [6, 6.07) is 10.7. The summed E-state index contributed by atoms with van der Waals surface area (Å²) in [4.78, 5) is 15.4. The van der Waals surface area contributed by atoms with Crippen molar-refractivity contribution in [2.75, 3.05) is 25.3 Å². The minimum Gasteiger partial charge on any atom is -0.469 e. The van der Waals surface area contributed by atoms with Crippen LogP contribution in [0.4, 0.5) is 23.2 Å². The van der Waals surface area contributed by atoms with Crippen LogP contribution in [0.1, 0.15) is 30.1 Å². The molecule has 2 aromatic carbocycles. The molecular formula is C23H24ClF4N5O2S. The van der Waals surface area contributed by atoms with Gasteiger partial charge in [0.15, 0.2) is 0 Å². The Morgan fingerprint density at radius 2 is 1.86 bits per heavy atom. The molecule has 4 rings (SSSR count). The summed E-state index contributed by atoms with van der Waals surface area (Å²) in [6.07, 6.45) is -1.66. The van der Waals surface area contributed by atoms with Crippen molar-refractivity contribution in [3.8, 4) is 5.69 Å². The highest BCUT2D eigenvalue weighted by atomic mass is 35.5. The van der Waals surface area contributed by atoms with Crippen LogP contribution in [0, 0.1) is 11.7 Å². The number of ether oxygens (including phenoxy) is 1. The lowest BCUT2D eigenvalue weighted by Crippen LogP contribution is -2.37. The van der Waals surface area contributed by atoms with E-state index in [0.29, 0.717) is 23.2 Å². The average molecular weight is 546 g/mol. The van der Waals surface area contributed by atoms with E-state index >= 15 is 0 Å². The number of carbonyl (C=O) groups is 1. The van der Waals surface area contributed by atoms with Crippen molar-refractivity contribution < 1.29 is 27.1 Å². The second kappa shape index (κ2) is 11.0. The lowest BCUT2D eigenvalue weighted by atomic mass is 9.86. The summed E-state index contributed by atoms with van der Waals surface area (Å²) in [5.41, 5.74) is 1.61. The number of methoxy groups -OCH3 is 1. The molecule has 7 nitrogen and oxygen atoms in total. The first-order valence-corrected chi connectivity index (χ1v) is 12.0. The maximum absolute atomic E-state index is 13.6. The van der Waals surface area contributed by atoms with Crippen LogP contribution in [-0.4, -0.2) is 52.6 Å². The van der Waals surface area contributed by atoms with Crippen molar-refractivity contribution in [1.82, 2.24) is 20.2 Å². The first-order chi connectivity index (χ1) is 16.7. The SMILES string of the molecule is COC(=O)[C@H]1CC[C@H](N(C)c2cc(-n3nnnc3C(F)(F)F)ccc2SC)[C@@H]1c1ccc(F)cc1.Cl. The maximum Gasteiger partial charge on any atom is 0.453 e. The fraction of sp³-hybridized carbons (Fsp3) is 0.391. The molecular weight excluding hydrogens is 522 g/mol. The van der Waals surface area contributed by atoms with Gasteiger partial charge in [-0.25, -0.2) is 4.39 Å². The number of thioether (sulfide) groups is 1. The molecule has 3 atom stereocenters. The number of alkyl halides is 3. The van der Waals surface area contributed by atoms with E-state index in [4.69, 9.17) is 4.74 Å². The number of benzene rings is 2. The number of anilines is 1. The minimum absolute atomic E-state index is 0. The molecule has 0 amide bonds. The number of esters is 1. The topological polar surface area (TPSA) is 73.1 Å². The Balaban J connectivity index is 0.00000361. The second-order valence-electron chi connectivity index (χ2n) is 8.23. The Morgan fingerprint density at radius 3 is 2.47 bits per heavy atom. The standard InChI is InChI=1S/C23H23F4N5O2S.ClH/c1-31(17-10-9-16(21(33)34-2)20(17)13-4-6-14(24)7-5-13)18-12-15(8-11-19(18)35-3)32-22(23(25,26)27)28-29-30-32;/h4-8,11-12,16-17,20H,9-10H2,1-3H3;1H/t16-,17-,20+;/m0./s1. The van der Waals surface area contributed by atoms with Crippen LogP contribution in [0.2, 0.25) is 0 Å². The molecule has 3 aromatic rings. The van der Waals surface area contributed by atoms with E-state index < -0.39 is 17.9 Å². The normalized spacial score (nSPS) is 19.6. The van der Waals surface area contributed by atoms with Crippen molar-refractivity contribution in [2.45, 2.75) is 35.9 Å². The summed E-state index contributed by atoms with van der Waals surface area (Å²) >= 11 is 1.44. The van der Waals surface area contributed by atoms with Crippen LogP contribution in [0.5, 0.6) is 0 Å². The largest absolute Gasteiger partial charge is 0.469 e. The molecule has 1 aliphatic rings. The number of aromatic nitrogens is 4. The van der Waals surface area contributed by atoms with Crippen LogP contribution >= 0.6 is 24.2 Å². The molecule has 1 heterocycles. The van der Waals surface area contributed by atoms with Gasteiger partial charge in [-0.15, -0.1) is 29.3 Å². The molecule has 0 unspecified atom stereocenters. The molecule has 0 N–H and O–H groups in total. The van der Waals surface area contributed by atoms with E-state index in [1.165, 1.54) is 37.1 Å². The fourth-order valence-corrected chi connectivity index (χ4v) is 5.39. The monoisotopic (exact) mass is 545 g/mol. The minimum atomic E-state index is -4.72. The first kappa shape index (κ1) is 27.7. The highest BCUT2D eigenvalue weighted by Gasteiger charge is 2.44. The lowest BCUT2D eigenvalue weighted by Gasteiger charge is -2.34. The van der Waals surface area contributed by atoms with Gasteiger partial charge in [-0.05, 0) is 65.4 Å². The quantitative estimate of drug-likeness (QED) is 0.241. The zero-order valence-electron chi connectivity index (χ0n) is 19.6. The number of rotatable bonds is 6. The van der Waals surface area contributed by atoms with E-state index in [1.54, 1.807) is 24.3 Å². The Labute approximate surface area is 215 Å². The van der Waals surface area contributed by atoms with Gasteiger partial charge in [0.25, 0.3) is 5.82 Å². The number of likely N-dealkylation sites (N-methyl/N-ethyl adjacent to an activating group) is 1. The molecule has 0 spiro atoms. The molecule has 36 heavy (non-hydrogen) atoms. The highest BCUT2D eigenvalue weighted by molar-refractivity contribution is 7.98. The van der Waals surface area contributed by atoms with E-state index in [9.17, 15) is 22.4 Å². The molecule has 0 bridgehead atoms. The van der Waals surface area contributed by atoms with Gasteiger partial charge in [-0.1, -0.05) is 12.1 Å². The van der Waals surface area contributed by atoms with Gasteiger partial charge >= 0.3 is 12.1 Å². The van der Waals surface area contributed by atoms with E-state index in [0.717, 1.165) is 10.5 Å². The van der Waals surface area contributed by atoms with Crippen LogP contribution in [0.25, 0.3) is 5.69 Å². The summed E-state index contributed by atoms with van der Waals surface area (Å²) < 4.78 is 59.5. The predicted molar refractivity (Wildman–Crippen MR) is 129 cm³/mol. The molecule has 0 saturated heterocycles. The van der Waals surface area contributed by atoms with Crippen molar-refractivity contribution in [3.63, 3.8) is 0 Å². The van der Waals surface area contributed by atoms with Gasteiger partial charge in [-0.2, -0.15) is 17.9 Å². The first-order valence-electron chi connectivity index (χ1n) is 10.8. The molecule has 0 aliphatic heterocycles. The Kier molecular flexibility index (Phi) is 8.50. The third-order valence-electron chi connectivity index (χ3n) is 6.39. The second-order valence-corrected chi connectivity index (χ2v) is 9.08. The molecule has 1 fully saturated rings. The van der Waals surface area contributed by atoms with Gasteiger partial charge in [0.2, 0.25) is 0 Å². The molecule has 1 saturated carbocycles. The van der Waals surface area contributed by atoms with Crippen molar-refractivity contribution in [2.24, 2.45) is 5.92 Å². The Bertz CT molecular complexity index is 1210. The summed E-state index contributed by atoms with van der Waals surface area (Å²) in [6.45, 7) is 0. The fourth-order valence-electron chi connectivity index (χ4n) is 4.77. The van der Waals surface area contributed by atoms with Crippen LogP contribution < -0.4 is 4.90 Å². The molecule has 13 heteroatoms. The van der Waals surface area contributed by atoms with Gasteiger partial charge in [0.05, 0.1) is 24.4 Å². The van der Waals surface area contributed by atoms with Crippen LogP contribution in [0.15, 0.2) is 47.4 Å². The average Bonchev–Trinajstić information content (AvgIpc) is 3.51. The number of carbonyl (C=O) groups excluding carboxylic acids is 1. The zero-order valence-corrected chi connectivity index (χ0v) is 21.2. The predicted octanol–water partition coefficient (Wildman–Crippen LogP) is 5.14. The van der Waals surface area contributed by atoms with Crippen LogP contribution in [-0.2, 0) is 15.7 Å². The van der Waals surface area contributed by atoms with E-state index in [-0.39, 0.29) is 41.8 Å². The number of halogens is 5. The zero-order chi connectivity index (χ0) is 25.3. The van der Waals surface area contributed by atoms with E-state index in [2.05, 4.69) is 15.5 Å². The van der Waals surface area contributed by atoms with Gasteiger partial charge in [0, 0.05) is 23.9 Å². The summed E-state index contributed by atoms with van der Waals surface area (Å²) in [7, 11) is 3.17. The Hall–Kier alpha value is -2.86. The van der Waals surface area contributed by atoms with Crippen LogP contribution in [0.3, 0.4) is 0 Å². The van der Waals surface area contributed by atoms with Gasteiger partial charge in [-0.3, -0.25) is 4.79 Å². The molecule has 1 aromatic heterocycles. The van der Waals surface area contributed by atoms with Crippen molar-refractivity contribution in [1.29, 1.82) is 0 Å². The number of hydrogen-bond acceptors (Lipinski definition) is 7. The number of tetrazole rings is 1. The molecule has 0 radical (unpaired) electrons. The number of hydrogen-bond donors (Lipinski definition) is 0. The highest BCUT2D eigenvalue weighted by Crippen LogP contribution is 2.45. The van der Waals surface area contributed by atoms with Crippen molar-refractivity contribution >= 4 is 35.8 Å². The molecule has 194 valence electrons. The van der Waals surface area contributed by atoms with E-state index in [1.807, 2.05) is 18.2 Å². The summed E-state index contributed by atoms with van der Waals surface area (Å²) in [5, 5.41) is 9.87. The smallest absolute Gasteiger partial charge is 0.453 e. The third kappa shape index (κ3) is 5.29. The Morgan fingerprint density at radius 1 is 1.17 bits per heavy atom. The van der Waals surface area contributed by atoms with Gasteiger partial charge < -0.3 is 9.64 Å². The lowest BCUT2D eigenvalue weighted by molar-refractivity contribution is -0.147. The van der Waals surface area contributed by atoms with Gasteiger partial charge in [0.1, 0.15) is 5.82 Å². The maximum atomic E-state index is 13.6. The third-order valence-corrected chi connectivity index (χ3v) is 7.17. The number of nitrogens with zero attached hydrogens (tertiary/aromatic N) is 5. The van der Waals surface area contributed by atoms with Crippen molar-refractivity contribution in [3.05, 3.63) is 59.7 Å².